The number of halogens is 3. The van der Waals surface area contributed by atoms with Crippen molar-refractivity contribution in [1.29, 1.82) is 0 Å². The van der Waals surface area contributed by atoms with E-state index in [0.29, 0.717) is 12.0 Å². The standard InChI is InChI=1S/C14H19F3N2O/c1-9(18)6-7-13(20)19-10(2)11-4-3-5-12(8-11)14(15,16)17/h3-5,8-10H,6-7,18H2,1-2H3,(H,19,20). The van der Waals surface area contributed by atoms with E-state index in [1.54, 1.807) is 19.9 Å². The molecule has 1 rings (SSSR count). The highest BCUT2D eigenvalue weighted by Crippen LogP contribution is 2.30. The van der Waals surface area contributed by atoms with Crippen LogP contribution in [0.3, 0.4) is 0 Å². The smallest absolute Gasteiger partial charge is 0.350 e. The predicted molar refractivity (Wildman–Crippen MR) is 70.9 cm³/mol. The molecule has 0 bridgehead atoms. The number of carbonyl (C=O) groups excluding carboxylic acids is 1. The zero-order chi connectivity index (χ0) is 15.3. The fourth-order valence-electron chi connectivity index (χ4n) is 1.74. The molecule has 0 saturated carbocycles. The summed E-state index contributed by atoms with van der Waals surface area (Å²) in [6.45, 7) is 3.45. The molecule has 20 heavy (non-hydrogen) atoms. The number of benzene rings is 1. The molecule has 1 aromatic carbocycles. The molecular weight excluding hydrogens is 269 g/mol. The number of alkyl halides is 3. The molecule has 3 nitrogen and oxygen atoms in total. The summed E-state index contributed by atoms with van der Waals surface area (Å²) in [5, 5.41) is 2.67. The van der Waals surface area contributed by atoms with Crippen LogP contribution in [0, 0.1) is 0 Å². The Morgan fingerprint density at radius 2 is 2.00 bits per heavy atom. The van der Waals surface area contributed by atoms with Crippen LogP contribution in [-0.4, -0.2) is 11.9 Å². The number of carbonyl (C=O) groups is 1. The minimum Gasteiger partial charge on any atom is -0.350 e. The van der Waals surface area contributed by atoms with E-state index >= 15 is 0 Å². The van der Waals surface area contributed by atoms with Crippen molar-refractivity contribution in [1.82, 2.24) is 5.32 Å². The Balaban J connectivity index is 2.68. The SMILES string of the molecule is CC(N)CCC(=O)NC(C)c1cccc(C(F)(F)F)c1. The van der Waals surface area contributed by atoms with Crippen LogP contribution in [0.15, 0.2) is 24.3 Å². The molecule has 0 spiro atoms. The molecule has 0 aliphatic heterocycles. The quantitative estimate of drug-likeness (QED) is 0.875. The highest BCUT2D eigenvalue weighted by molar-refractivity contribution is 5.76. The van der Waals surface area contributed by atoms with E-state index in [1.807, 2.05) is 0 Å². The van der Waals surface area contributed by atoms with E-state index in [9.17, 15) is 18.0 Å². The van der Waals surface area contributed by atoms with Gasteiger partial charge in [0.25, 0.3) is 0 Å². The number of rotatable bonds is 5. The molecule has 0 aliphatic rings. The fourth-order valence-corrected chi connectivity index (χ4v) is 1.74. The van der Waals surface area contributed by atoms with Gasteiger partial charge >= 0.3 is 6.18 Å². The highest BCUT2D eigenvalue weighted by atomic mass is 19.4. The van der Waals surface area contributed by atoms with Gasteiger partial charge in [-0.05, 0) is 38.0 Å². The summed E-state index contributed by atoms with van der Waals surface area (Å²) in [4.78, 5) is 11.6. The third-order valence-electron chi connectivity index (χ3n) is 2.92. The maximum atomic E-state index is 12.6. The van der Waals surface area contributed by atoms with Gasteiger partial charge < -0.3 is 11.1 Å². The lowest BCUT2D eigenvalue weighted by atomic mass is 10.0. The lowest BCUT2D eigenvalue weighted by Gasteiger charge is -2.16. The number of hydrogen-bond acceptors (Lipinski definition) is 2. The molecule has 2 atom stereocenters. The van der Waals surface area contributed by atoms with Crippen molar-refractivity contribution in [3.05, 3.63) is 35.4 Å². The molecule has 0 radical (unpaired) electrons. The van der Waals surface area contributed by atoms with Crippen molar-refractivity contribution in [2.75, 3.05) is 0 Å². The lowest BCUT2D eigenvalue weighted by Crippen LogP contribution is -2.28. The third-order valence-corrected chi connectivity index (χ3v) is 2.92. The Bertz CT molecular complexity index is 458. The average Bonchev–Trinajstić information content (AvgIpc) is 2.35. The summed E-state index contributed by atoms with van der Waals surface area (Å²) in [5.74, 6) is -0.216. The van der Waals surface area contributed by atoms with Gasteiger partial charge in [0, 0.05) is 12.5 Å². The van der Waals surface area contributed by atoms with Crippen molar-refractivity contribution in [3.8, 4) is 0 Å². The molecule has 3 N–H and O–H groups in total. The number of nitrogens with one attached hydrogen (secondary N) is 1. The number of amides is 1. The maximum Gasteiger partial charge on any atom is 0.416 e. The molecule has 112 valence electrons. The Morgan fingerprint density at radius 1 is 1.35 bits per heavy atom. The predicted octanol–water partition coefficient (Wildman–Crippen LogP) is 3.01. The molecule has 2 unspecified atom stereocenters. The largest absolute Gasteiger partial charge is 0.416 e. The number of hydrogen-bond donors (Lipinski definition) is 2. The van der Waals surface area contributed by atoms with Crippen LogP contribution < -0.4 is 11.1 Å². The molecule has 0 heterocycles. The van der Waals surface area contributed by atoms with Crippen LogP contribution >= 0.6 is 0 Å². The minimum absolute atomic E-state index is 0.0791. The monoisotopic (exact) mass is 288 g/mol. The van der Waals surface area contributed by atoms with Crippen LogP contribution in [0.1, 0.15) is 43.9 Å². The summed E-state index contributed by atoms with van der Waals surface area (Å²) >= 11 is 0. The van der Waals surface area contributed by atoms with Crippen LogP contribution in [0.5, 0.6) is 0 Å². The molecule has 1 amide bonds. The normalized spacial score (nSPS) is 14.7. The van der Waals surface area contributed by atoms with Gasteiger partial charge in [0.15, 0.2) is 0 Å². The van der Waals surface area contributed by atoms with Crippen molar-refractivity contribution in [2.45, 2.75) is 44.9 Å². The van der Waals surface area contributed by atoms with Crippen molar-refractivity contribution < 1.29 is 18.0 Å². The van der Waals surface area contributed by atoms with Gasteiger partial charge in [-0.3, -0.25) is 4.79 Å². The summed E-state index contributed by atoms with van der Waals surface area (Å²) in [5.41, 5.74) is 5.25. The Kier molecular flexibility index (Phi) is 5.56. The van der Waals surface area contributed by atoms with Crippen molar-refractivity contribution >= 4 is 5.91 Å². The third kappa shape index (κ3) is 5.21. The first-order valence-electron chi connectivity index (χ1n) is 6.42. The second-order valence-electron chi connectivity index (χ2n) is 4.93. The van der Waals surface area contributed by atoms with Gasteiger partial charge in [-0.2, -0.15) is 13.2 Å². The van der Waals surface area contributed by atoms with Gasteiger partial charge in [-0.15, -0.1) is 0 Å². The average molecular weight is 288 g/mol. The zero-order valence-corrected chi connectivity index (χ0v) is 11.5. The van der Waals surface area contributed by atoms with E-state index in [4.69, 9.17) is 5.73 Å². The van der Waals surface area contributed by atoms with Gasteiger partial charge in [-0.25, -0.2) is 0 Å². The number of nitrogens with two attached hydrogens (primary N) is 1. The van der Waals surface area contributed by atoms with Crippen LogP contribution in [0.2, 0.25) is 0 Å². The summed E-state index contributed by atoms with van der Waals surface area (Å²) in [7, 11) is 0. The second-order valence-corrected chi connectivity index (χ2v) is 4.93. The Morgan fingerprint density at radius 3 is 2.55 bits per heavy atom. The second kappa shape index (κ2) is 6.74. The van der Waals surface area contributed by atoms with Gasteiger partial charge in [0.05, 0.1) is 11.6 Å². The topological polar surface area (TPSA) is 55.1 Å². The first-order valence-corrected chi connectivity index (χ1v) is 6.42. The lowest BCUT2D eigenvalue weighted by molar-refractivity contribution is -0.137. The fraction of sp³-hybridized carbons (Fsp3) is 0.500. The van der Waals surface area contributed by atoms with Gasteiger partial charge in [-0.1, -0.05) is 12.1 Å². The van der Waals surface area contributed by atoms with Crippen LogP contribution in [-0.2, 0) is 11.0 Å². The van der Waals surface area contributed by atoms with Crippen LogP contribution in [0.4, 0.5) is 13.2 Å². The van der Waals surface area contributed by atoms with E-state index < -0.39 is 17.8 Å². The first-order chi connectivity index (χ1) is 9.20. The molecule has 0 aromatic heterocycles. The van der Waals surface area contributed by atoms with Crippen LogP contribution in [0.25, 0.3) is 0 Å². The minimum atomic E-state index is -4.38. The summed E-state index contributed by atoms with van der Waals surface area (Å²) in [6.07, 6.45) is -3.57. The van der Waals surface area contributed by atoms with Gasteiger partial charge in [0.2, 0.25) is 5.91 Å². The van der Waals surface area contributed by atoms with Gasteiger partial charge in [0.1, 0.15) is 0 Å². The molecule has 6 heteroatoms. The molecular formula is C14H19F3N2O. The Labute approximate surface area is 116 Å². The zero-order valence-electron chi connectivity index (χ0n) is 11.5. The van der Waals surface area contributed by atoms with E-state index in [0.717, 1.165) is 12.1 Å². The summed E-state index contributed by atoms with van der Waals surface area (Å²) in [6, 6.07) is 4.40. The molecule has 1 aromatic rings. The first kappa shape index (κ1) is 16.5. The van der Waals surface area contributed by atoms with E-state index in [-0.39, 0.29) is 18.4 Å². The summed E-state index contributed by atoms with van der Waals surface area (Å²) < 4.78 is 37.8. The maximum absolute atomic E-state index is 12.6. The molecule has 0 aliphatic carbocycles. The highest BCUT2D eigenvalue weighted by Gasteiger charge is 2.30. The molecule has 0 fully saturated rings. The Hall–Kier alpha value is -1.56. The van der Waals surface area contributed by atoms with E-state index in [2.05, 4.69) is 5.32 Å². The van der Waals surface area contributed by atoms with Crippen molar-refractivity contribution in [2.24, 2.45) is 5.73 Å². The van der Waals surface area contributed by atoms with Crippen molar-refractivity contribution in [3.63, 3.8) is 0 Å². The molecule has 0 saturated heterocycles. The van der Waals surface area contributed by atoms with E-state index in [1.165, 1.54) is 6.07 Å².